The molecule has 0 atom stereocenters. The molecule has 1 aliphatic rings. The summed E-state index contributed by atoms with van der Waals surface area (Å²) in [6, 6.07) is 7.52. The molecule has 0 amide bonds. The number of rotatable bonds is 3. The fraction of sp³-hybridized carbons (Fsp3) is 0.400. The van der Waals surface area contributed by atoms with Gasteiger partial charge in [-0.15, -0.1) is 0 Å². The molecule has 0 radical (unpaired) electrons. The van der Waals surface area contributed by atoms with E-state index in [-0.39, 0.29) is 0 Å². The van der Waals surface area contributed by atoms with Crippen molar-refractivity contribution in [1.29, 1.82) is 0 Å². The van der Waals surface area contributed by atoms with Crippen LogP contribution in [0.15, 0.2) is 41.6 Å². The molecule has 1 saturated heterocycles. The molecule has 3 rings (SSSR count). The molecule has 1 aromatic carbocycles. The van der Waals surface area contributed by atoms with Gasteiger partial charge in [0, 0.05) is 42.3 Å². The van der Waals surface area contributed by atoms with Gasteiger partial charge in [-0.05, 0) is 32.0 Å². The van der Waals surface area contributed by atoms with Crippen LogP contribution in [0, 0.1) is 0 Å². The number of hydrogen-bond acceptors (Lipinski definition) is 4. The van der Waals surface area contributed by atoms with Gasteiger partial charge in [0.05, 0.1) is 4.90 Å². The molecule has 5 nitrogen and oxygen atoms in total. The third-order valence-electron chi connectivity index (χ3n) is 4.12. The summed E-state index contributed by atoms with van der Waals surface area (Å²) in [6.45, 7) is 1.13. The van der Waals surface area contributed by atoms with E-state index in [1.807, 2.05) is 13.1 Å². The Labute approximate surface area is 125 Å². The van der Waals surface area contributed by atoms with Crippen molar-refractivity contribution >= 4 is 20.8 Å². The summed E-state index contributed by atoms with van der Waals surface area (Å²) in [5.74, 6) is 0. The Hall–Kier alpha value is -1.50. The minimum atomic E-state index is -3.44. The number of fused-ring (bicyclic) bond motifs is 1. The average molecular weight is 305 g/mol. The van der Waals surface area contributed by atoms with Crippen LogP contribution in [0.4, 0.5) is 0 Å². The van der Waals surface area contributed by atoms with Gasteiger partial charge in [0.2, 0.25) is 10.0 Å². The average Bonchev–Trinajstić information content (AvgIpc) is 2.54. The zero-order valence-electron chi connectivity index (χ0n) is 12.0. The highest BCUT2D eigenvalue weighted by Crippen LogP contribution is 2.27. The molecule has 6 heteroatoms. The zero-order chi connectivity index (χ0) is 14.9. The van der Waals surface area contributed by atoms with Gasteiger partial charge in [-0.1, -0.05) is 12.1 Å². The first-order valence-corrected chi connectivity index (χ1v) is 8.57. The summed E-state index contributed by atoms with van der Waals surface area (Å²) >= 11 is 0. The third-order valence-corrected chi connectivity index (χ3v) is 6.08. The van der Waals surface area contributed by atoms with E-state index in [0.29, 0.717) is 24.0 Å². The van der Waals surface area contributed by atoms with Gasteiger partial charge < -0.3 is 5.32 Å². The molecule has 1 aliphatic heterocycles. The summed E-state index contributed by atoms with van der Waals surface area (Å²) < 4.78 is 27.4. The van der Waals surface area contributed by atoms with E-state index in [4.69, 9.17) is 0 Å². The van der Waals surface area contributed by atoms with Crippen LogP contribution in [-0.2, 0) is 10.0 Å². The molecule has 2 heterocycles. The highest BCUT2D eigenvalue weighted by atomic mass is 32.2. The lowest BCUT2D eigenvalue weighted by Gasteiger charge is -2.31. The number of nitrogens with one attached hydrogen (secondary N) is 1. The first kappa shape index (κ1) is 14.4. The van der Waals surface area contributed by atoms with E-state index in [9.17, 15) is 8.42 Å². The fourth-order valence-corrected chi connectivity index (χ4v) is 4.53. The molecular weight excluding hydrogens is 286 g/mol. The number of hydrogen-bond donors (Lipinski definition) is 1. The molecule has 0 saturated carbocycles. The van der Waals surface area contributed by atoms with Gasteiger partial charge in [0.15, 0.2) is 0 Å². The predicted molar refractivity (Wildman–Crippen MR) is 82.6 cm³/mol. The normalized spacial score (nSPS) is 18.1. The maximum atomic E-state index is 12.9. The van der Waals surface area contributed by atoms with Crippen molar-refractivity contribution in [2.24, 2.45) is 0 Å². The summed E-state index contributed by atoms with van der Waals surface area (Å²) in [5, 5.41) is 4.81. The van der Waals surface area contributed by atoms with Crippen LogP contribution in [0.25, 0.3) is 10.8 Å². The van der Waals surface area contributed by atoms with Crippen LogP contribution in [-0.4, -0.2) is 43.9 Å². The second kappa shape index (κ2) is 5.71. The highest BCUT2D eigenvalue weighted by Gasteiger charge is 2.29. The molecule has 21 heavy (non-hydrogen) atoms. The van der Waals surface area contributed by atoms with Gasteiger partial charge in [-0.25, -0.2) is 8.42 Å². The topological polar surface area (TPSA) is 62.3 Å². The maximum absolute atomic E-state index is 12.9. The van der Waals surface area contributed by atoms with Crippen LogP contribution < -0.4 is 5.32 Å². The lowest BCUT2D eigenvalue weighted by atomic mass is 10.1. The minimum Gasteiger partial charge on any atom is -0.317 e. The van der Waals surface area contributed by atoms with Crippen molar-refractivity contribution in [2.45, 2.75) is 23.8 Å². The molecule has 1 aromatic heterocycles. The van der Waals surface area contributed by atoms with E-state index < -0.39 is 10.0 Å². The van der Waals surface area contributed by atoms with Gasteiger partial charge in [-0.3, -0.25) is 4.98 Å². The largest absolute Gasteiger partial charge is 0.317 e. The van der Waals surface area contributed by atoms with E-state index in [1.54, 1.807) is 34.9 Å². The van der Waals surface area contributed by atoms with Crippen molar-refractivity contribution in [3.8, 4) is 0 Å². The molecule has 0 bridgehead atoms. The molecule has 0 aliphatic carbocycles. The number of pyridine rings is 1. The molecule has 1 fully saturated rings. The van der Waals surface area contributed by atoms with Crippen LogP contribution >= 0.6 is 0 Å². The van der Waals surface area contributed by atoms with Gasteiger partial charge in [0.1, 0.15) is 0 Å². The Morgan fingerprint density at radius 3 is 2.71 bits per heavy atom. The zero-order valence-corrected chi connectivity index (χ0v) is 12.8. The lowest BCUT2D eigenvalue weighted by molar-refractivity contribution is 0.298. The second-order valence-electron chi connectivity index (χ2n) is 5.32. The van der Waals surface area contributed by atoms with E-state index >= 15 is 0 Å². The Morgan fingerprint density at radius 1 is 1.24 bits per heavy atom. The number of benzene rings is 1. The quantitative estimate of drug-likeness (QED) is 0.936. The summed E-state index contributed by atoms with van der Waals surface area (Å²) in [4.78, 5) is 4.43. The second-order valence-corrected chi connectivity index (χ2v) is 7.23. The van der Waals surface area contributed by atoms with Crippen LogP contribution in [0.1, 0.15) is 12.8 Å². The summed E-state index contributed by atoms with van der Waals surface area (Å²) in [7, 11) is -1.52. The minimum absolute atomic E-state index is 0.380. The smallest absolute Gasteiger partial charge is 0.243 e. The van der Waals surface area contributed by atoms with E-state index in [2.05, 4.69) is 10.3 Å². The van der Waals surface area contributed by atoms with Gasteiger partial charge >= 0.3 is 0 Å². The van der Waals surface area contributed by atoms with Gasteiger partial charge in [0.25, 0.3) is 0 Å². The van der Waals surface area contributed by atoms with Crippen molar-refractivity contribution in [2.75, 3.05) is 20.1 Å². The lowest BCUT2D eigenvalue weighted by Crippen LogP contribution is -2.43. The van der Waals surface area contributed by atoms with Crippen LogP contribution in [0.5, 0.6) is 0 Å². The summed E-state index contributed by atoms with van der Waals surface area (Å²) in [5.41, 5.74) is 0. The Bertz CT molecular complexity index is 732. The molecule has 112 valence electrons. The first-order valence-electron chi connectivity index (χ1n) is 7.13. The standard InChI is InChI=1S/C15H19N3O2S/c1-16-13-6-9-18(10-7-13)21(19,20)15-4-2-3-12-11-17-8-5-14(12)15/h2-5,8,11,13,16H,6-7,9-10H2,1H3. The third kappa shape index (κ3) is 2.66. The van der Waals surface area contributed by atoms with Crippen molar-refractivity contribution in [1.82, 2.24) is 14.6 Å². The monoisotopic (exact) mass is 305 g/mol. The number of aromatic nitrogens is 1. The van der Waals surface area contributed by atoms with E-state index in [1.165, 1.54) is 0 Å². The Morgan fingerprint density at radius 2 is 2.00 bits per heavy atom. The number of piperidine rings is 1. The Kier molecular flexibility index (Phi) is 3.93. The first-order chi connectivity index (χ1) is 10.1. The van der Waals surface area contributed by atoms with Crippen molar-refractivity contribution in [3.63, 3.8) is 0 Å². The Balaban J connectivity index is 1.98. The van der Waals surface area contributed by atoms with Gasteiger partial charge in [-0.2, -0.15) is 4.31 Å². The van der Waals surface area contributed by atoms with Crippen LogP contribution in [0.3, 0.4) is 0 Å². The fourth-order valence-electron chi connectivity index (χ4n) is 2.84. The van der Waals surface area contributed by atoms with Crippen molar-refractivity contribution < 1.29 is 8.42 Å². The molecule has 0 spiro atoms. The molecule has 2 aromatic rings. The molecule has 1 N–H and O–H groups in total. The highest BCUT2D eigenvalue weighted by molar-refractivity contribution is 7.89. The maximum Gasteiger partial charge on any atom is 0.243 e. The summed E-state index contributed by atoms with van der Waals surface area (Å²) in [6.07, 6.45) is 5.03. The van der Waals surface area contributed by atoms with Crippen LogP contribution in [0.2, 0.25) is 0 Å². The number of nitrogens with zero attached hydrogens (tertiary/aromatic N) is 2. The molecular formula is C15H19N3O2S. The van der Waals surface area contributed by atoms with Crippen molar-refractivity contribution in [3.05, 3.63) is 36.7 Å². The predicted octanol–water partition coefficient (Wildman–Crippen LogP) is 1.61. The van der Waals surface area contributed by atoms with E-state index in [0.717, 1.165) is 23.6 Å². The number of sulfonamides is 1. The SMILES string of the molecule is CNC1CCN(S(=O)(=O)c2cccc3cnccc23)CC1. The molecule has 0 unspecified atom stereocenters.